The Bertz CT molecular complexity index is 819. The van der Waals surface area contributed by atoms with Gasteiger partial charge >= 0.3 is 5.97 Å². The maximum atomic E-state index is 12.3. The van der Waals surface area contributed by atoms with Crippen LogP contribution in [-0.4, -0.2) is 26.4 Å². The molecule has 1 aromatic carbocycles. The monoisotopic (exact) mass is 360 g/mol. The molecular weight excluding hydrogens is 344 g/mol. The Morgan fingerprint density at radius 3 is 2.32 bits per heavy atom. The van der Waals surface area contributed by atoms with Crippen molar-refractivity contribution in [1.29, 1.82) is 0 Å². The molecule has 114 valence electrons. The number of nitrogens with zero attached hydrogens (tertiary/aromatic N) is 2. The zero-order valence-corrected chi connectivity index (χ0v) is 14.1. The third-order valence-corrected chi connectivity index (χ3v) is 7.17. The number of rotatable bonds is 2. The smallest absolute Gasteiger partial charge is 0.316 e. The van der Waals surface area contributed by atoms with Gasteiger partial charge < -0.3 is 5.11 Å². The Hall–Kier alpha value is -1.49. The van der Waals surface area contributed by atoms with Gasteiger partial charge in [0, 0.05) is 10.7 Å². The lowest BCUT2D eigenvalue weighted by Gasteiger charge is -2.39. The number of carbonyl (C=O) groups is 1. The van der Waals surface area contributed by atoms with Gasteiger partial charge in [0.05, 0.1) is 22.4 Å². The number of halogens is 1. The Morgan fingerprint density at radius 1 is 1.18 bits per heavy atom. The van der Waals surface area contributed by atoms with E-state index >= 15 is 0 Å². The van der Waals surface area contributed by atoms with E-state index in [9.17, 15) is 9.90 Å². The molecule has 4 nitrogen and oxygen atoms in total. The molecule has 2 bridgehead atoms. The molecule has 2 aliphatic carbocycles. The second kappa shape index (κ2) is 4.07. The van der Waals surface area contributed by atoms with E-state index in [1.54, 1.807) is 0 Å². The van der Waals surface area contributed by atoms with Gasteiger partial charge in [-0.3, -0.25) is 4.79 Å². The average Bonchev–Trinajstić information content (AvgIpc) is 2.83. The van der Waals surface area contributed by atoms with Gasteiger partial charge in [-0.1, -0.05) is 41.9 Å². The van der Waals surface area contributed by atoms with Gasteiger partial charge in [-0.2, -0.15) is 0 Å². The van der Waals surface area contributed by atoms with Crippen LogP contribution in [0.3, 0.4) is 0 Å². The molecule has 1 fully saturated rings. The molecule has 0 spiro atoms. The second-order valence-electron chi connectivity index (χ2n) is 6.96. The summed E-state index contributed by atoms with van der Waals surface area (Å²) < 4.78 is 0. The molecule has 1 saturated carbocycles. The molecular formula is C17H17BrN2O2. The normalized spacial score (nSPS) is 31.4. The number of carboxylic acid groups (broad SMARTS) is 1. The minimum atomic E-state index is -0.937. The van der Waals surface area contributed by atoms with Crippen LogP contribution in [0.5, 0.6) is 0 Å². The largest absolute Gasteiger partial charge is 0.481 e. The van der Waals surface area contributed by atoms with Gasteiger partial charge in [-0.25, -0.2) is 9.97 Å². The number of benzene rings is 1. The molecule has 0 saturated heterocycles. The van der Waals surface area contributed by atoms with Crippen LogP contribution in [0, 0.1) is 5.41 Å². The molecule has 0 aliphatic heterocycles. The molecule has 4 rings (SSSR count). The summed E-state index contributed by atoms with van der Waals surface area (Å²) in [6, 6.07) is 7.69. The summed E-state index contributed by atoms with van der Waals surface area (Å²) in [7, 11) is 0. The number of alkyl halides is 1. The molecule has 2 aliphatic rings. The molecule has 1 heterocycles. The van der Waals surface area contributed by atoms with Crippen molar-refractivity contribution in [3.63, 3.8) is 0 Å². The highest BCUT2D eigenvalue weighted by molar-refractivity contribution is 9.09. The number of fused-ring (bicyclic) bond motifs is 6. The minimum absolute atomic E-state index is 0.266. The van der Waals surface area contributed by atoms with Crippen LogP contribution >= 0.6 is 15.9 Å². The zero-order chi connectivity index (χ0) is 15.8. The zero-order valence-electron chi connectivity index (χ0n) is 12.6. The number of aromatic nitrogens is 2. The molecule has 0 unspecified atom stereocenters. The summed E-state index contributed by atoms with van der Waals surface area (Å²) in [5.41, 5.74) is 1.54. The van der Waals surface area contributed by atoms with Crippen molar-refractivity contribution in [1.82, 2.24) is 9.97 Å². The van der Waals surface area contributed by atoms with Crippen LogP contribution in [0.4, 0.5) is 0 Å². The van der Waals surface area contributed by atoms with Crippen molar-refractivity contribution in [3.05, 3.63) is 35.7 Å². The van der Waals surface area contributed by atoms with E-state index in [2.05, 4.69) is 29.8 Å². The average molecular weight is 361 g/mol. The Balaban J connectivity index is 2.15. The van der Waals surface area contributed by atoms with E-state index in [-0.39, 0.29) is 5.41 Å². The lowest BCUT2D eigenvalue weighted by Crippen LogP contribution is -2.47. The first kappa shape index (κ1) is 14.1. The first-order chi connectivity index (χ1) is 10.4. The van der Waals surface area contributed by atoms with Crippen LogP contribution in [0.25, 0.3) is 11.0 Å². The first-order valence-corrected chi connectivity index (χ1v) is 8.60. The maximum Gasteiger partial charge on any atom is 0.316 e. The van der Waals surface area contributed by atoms with Gasteiger partial charge in [0.15, 0.2) is 0 Å². The predicted octanol–water partition coefficient (Wildman–Crippen LogP) is 3.42. The van der Waals surface area contributed by atoms with Crippen LogP contribution in [-0.2, 0) is 15.6 Å². The quantitative estimate of drug-likeness (QED) is 0.833. The third kappa shape index (κ3) is 1.25. The maximum absolute atomic E-state index is 12.3. The molecule has 22 heavy (non-hydrogen) atoms. The number of aliphatic carboxylic acids is 1. The molecule has 0 amide bonds. The molecule has 1 aromatic heterocycles. The van der Waals surface area contributed by atoms with Crippen LogP contribution in [0.2, 0.25) is 0 Å². The Kier molecular flexibility index (Phi) is 2.62. The van der Waals surface area contributed by atoms with E-state index in [4.69, 9.17) is 9.97 Å². The summed E-state index contributed by atoms with van der Waals surface area (Å²) in [5, 5.41) is 10.8. The topological polar surface area (TPSA) is 63.1 Å². The van der Waals surface area contributed by atoms with Gasteiger partial charge in [-0.15, -0.1) is 0 Å². The molecule has 2 atom stereocenters. The first-order valence-electron chi connectivity index (χ1n) is 7.48. The Morgan fingerprint density at radius 2 is 1.77 bits per heavy atom. The number of hydrogen-bond donors (Lipinski definition) is 1. The van der Waals surface area contributed by atoms with E-state index < -0.39 is 16.8 Å². The van der Waals surface area contributed by atoms with Crippen molar-refractivity contribution < 1.29 is 9.90 Å². The number of hydrogen-bond acceptors (Lipinski definition) is 3. The van der Waals surface area contributed by atoms with Crippen molar-refractivity contribution in [2.75, 3.05) is 5.33 Å². The molecule has 2 aromatic rings. The van der Waals surface area contributed by atoms with Crippen molar-refractivity contribution >= 4 is 32.9 Å². The summed E-state index contributed by atoms with van der Waals surface area (Å²) in [5.74, 6) is -0.774. The highest BCUT2D eigenvalue weighted by Crippen LogP contribution is 2.70. The van der Waals surface area contributed by atoms with Gasteiger partial charge in [0.1, 0.15) is 5.41 Å². The third-order valence-electron chi connectivity index (χ3n) is 6.21. The van der Waals surface area contributed by atoms with Crippen LogP contribution in [0.1, 0.15) is 38.1 Å². The fraction of sp³-hybridized carbons (Fsp3) is 0.471. The van der Waals surface area contributed by atoms with Gasteiger partial charge in [0.25, 0.3) is 0 Å². The van der Waals surface area contributed by atoms with E-state index in [0.717, 1.165) is 23.1 Å². The van der Waals surface area contributed by atoms with Crippen molar-refractivity contribution in [2.45, 2.75) is 37.5 Å². The number of para-hydroxylation sites is 2. The van der Waals surface area contributed by atoms with E-state index in [0.29, 0.717) is 17.4 Å². The highest BCUT2D eigenvalue weighted by atomic mass is 79.9. The summed E-state index contributed by atoms with van der Waals surface area (Å²) in [6.45, 7) is 4.12. The Labute approximate surface area is 137 Å². The summed E-state index contributed by atoms with van der Waals surface area (Å²) >= 11 is 3.64. The van der Waals surface area contributed by atoms with Gasteiger partial charge in [0.2, 0.25) is 0 Å². The van der Waals surface area contributed by atoms with Crippen molar-refractivity contribution in [3.8, 4) is 0 Å². The van der Waals surface area contributed by atoms with Crippen LogP contribution < -0.4 is 0 Å². The lowest BCUT2D eigenvalue weighted by atomic mass is 9.64. The predicted molar refractivity (Wildman–Crippen MR) is 87.3 cm³/mol. The molecule has 0 radical (unpaired) electrons. The highest BCUT2D eigenvalue weighted by Gasteiger charge is 2.74. The van der Waals surface area contributed by atoms with E-state index in [1.807, 2.05) is 24.3 Å². The number of carboxylic acids is 1. The minimum Gasteiger partial charge on any atom is -0.481 e. The van der Waals surface area contributed by atoms with E-state index in [1.165, 1.54) is 0 Å². The summed E-state index contributed by atoms with van der Waals surface area (Å²) in [6.07, 6.45) is 1.46. The molecule has 5 heteroatoms. The van der Waals surface area contributed by atoms with Gasteiger partial charge in [-0.05, 0) is 30.4 Å². The SMILES string of the molecule is CC1(C)[C@@]2(CBr)CC[C@@]1(C(=O)O)c1nc3ccccc3nc12. The second-order valence-corrected chi connectivity index (χ2v) is 7.52. The van der Waals surface area contributed by atoms with Crippen molar-refractivity contribution in [2.24, 2.45) is 5.41 Å². The summed E-state index contributed by atoms with van der Waals surface area (Å²) in [4.78, 5) is 21.9. The molecule has 1 N–H and O–H groups in total. The standard InChI is InChI=1S/C17H17BrN2O2/c1-15(2)16(9-18)7-8-17(15,14(21)22)13-12(16)19-10-5-3-4-6-11(10)20-13/h3-6H,7-9H2,1-2H3,(H,21,22)/t16-,17+/m1/s1. The van der Waals surface area contributed by atoms with Crippen LogP contribution in [0.15, 0.2) is 24.3 Å². The fourth-order valence-electron chi connectivity index (χ4n) is 4.67. The fourth-order valence-corrected chi connectivity index (χ4v) is 5.91. The lowest BCUT2D eigenvalue weighted by molar-refractivity contribution is -0.148.